The molecule has 0 aliphatic rings. The second-order valence-electron chi connectivity index (χ2n) is 3.78. The minimum absolute atomic E-state index is 0.240. The van der Waals surface area contributed by atoms with Gasteiger partial charge in [0, 0.05) is 6.20 Å². The largest absolute Gasteiger partial charge is 0.366 e. The van der Waals surface area contributed by atoms with E-state index in [1.807, 2.05) is 6.07 Å². The van der Waals surface area contributed by atoms with Gasteiger partial charge in [-0.05, 0) is 24.3 Å². The van der Waals surface area contributed by atoms with Crippen LogP contribution in [0.2, 0.25) is 0 Å². The lowest BCUT2D eigenvalue weighted by Crippen LogP contribution is -2.16. The highest BCUT2D eigenvalue weighted by Crippen LogP contribution is 2.16. The standard InChI is InChI=1S/C12H9N3O2/c13-11(16)7-3-1-4-8-10(7)14-12(17)9-5-2-6-15(8)9/h1-6H,(H2,13,16)(H,14,17). The van der Waals surface area contributed by atoms with Gasteiger partial charge in [0.25, 0.3) is 11.5 Å². The Morgan fingerprint density at radius 1 is 1.18 bits per heavy atom. The number of amides is 1. The van der Waals surface area contributed by atoms with Crippen molar-refractivity contribution in [1.29, 1.82) is 0 Å². The molecule has 2 aromatic heterocycles. The van der Waals surface area contributed by atoms with Crippen LogP contribution in [0.3, 0.4) is 0 Å². The molecule has 0 aliphatic carbocycles. The normalized spacial score (nSPS) is 11.1. The molecule has 0 bridgehead atoms. The molecule has 1 aromatic carbocycles. The Morgan fingerprint density at radius 2 is 1.94 bits per heavy atom. The molecule has 0 atom stereocenters. The number of fused-ring (bicyclic) bond motifs is 3. The third-order valence-electron chi connectivity index (χ3n) is 2.79. The molecule has 5 nitrogen and oxygen atoms in total. The molecule has 84 valence electrons. The number of aromatic nitrogens is 2. The molecule has 3 aromatic rings. The third-order valence-corrected chi connectivity index (χ3v) is 2.79. The summed E-state index contributed by atoms with van der Waals surface area (Å²) in [5.41, 5.74) is 7.11. The predicted molar refractivity (Wildman–Crippen MR) is 64.0 cm³/mol. The number of nitrogens with zero attached hydrogens (tertiary/aromatic N) is 1. The van der Waals surface area contributed by atoms with Crippen molar-refractivity contribution in [2.75, 3.05) is 0 Å². The molecule has 0 fully saturated rings. The Kier molecular flexibility index (Phi) is 1.82. The van der Waals surface area contributed by atoms with Gasteiger partial charge >= 0.3 is 0 Å². The fourth-order valence-corrected chi connectivity index (χ4v) is 2.03. The van der Waals surface area contributed by atoms with Crippen molar-refractivity contribution in [1.82, 2.24) is 9.38 Å². The lowest BCUT2D eigenvalue weighted by Gasteiger charge is -2.05. The van der Waals surface area contributed by atoms with E-state index in [0.29, 0.717) is 16.6 Å². The van der Waals surface area contributed by atoms with Crippen molar-refractivity contribution >= 4 is 22.5 Å². The number of carbonyl (C=O) groups excluding carboxylic acids is 1. The summed E-state index contributed by atoms with van der Waals surface area (Å²) in [7, 11) is 0. The second kappa shape index (κ2) is 3.21. The lowest BCUT2D eigenvalue weighted by atomic mass is 10.1. The summed E-state index contributed by atoms with van der Waals surface area (Å²) in [6.07, 6.45) is 1.78. The average molecular weight is 227 g/mol. The van der Waals surface area contributed by atoms with Crippen LogP contribution in [-0.4, -0.2) is 15.3 Å². The van der Waals surface area contributed by atoms with Crippen LogP contribution >= 0.6 is 0 Å². The van der Waals surface area contributed by atoms with Crippen LogP contribution < -0.4 is 11.3 Å². The van der Waals surface area contributed by atoms with Crippen molar-refractivity contribution in [3.63, 3.8) is 0 Å². The summed E-state index contributed by atoms with van der Waals surface area (Å²) in [5, 5.41) is 0. The monoisotopic (exact) mass is 227 g/mol. The maximum absolute atomic E-state index is 11.8. The van der Waals surface area contributed by atoms with Gasteiger partial charge in [0.1, 0.15) is 5.52 Å². The second-order valence-corrected chi connectivity index (χ2v) is 3.78. The first-order valence-electron chi connectivity index (χ1n) is 5.10. The first-order valence-corrected chi connectivity index (χ1v) is 5.10. The zero-order valence-electron chi connectivity index (χ0n) is 8.81. The minimum atomic E-state index is -0.558. The highest BCUT2D eigenvalue weighted by molar-refractivity contribution is 6.04. The number of benzene rings is 1. The number of primary amides is 1. The molecular weight excluding hydrogens is 218 g/mol. The molecular formula is C12H9N3O2. The van der Waals surface area contributed by atoms with Gasteiger partial charge in [0.05, 0.1) is 16.6 Å². The number of hydrogen-bond donors (Lipinski definition) is 2. The Labute approximate surface area is 95.5 Å². The van der Waals surface area contributed by atoms with E-state index in [4.69, 9.17) is 5.73 Å². The number of para-hydroxylation sites is 1. The van der Waals surface area contributed by atoms with Crippen molar-refractivity contribution in [3.05, 3.63) is 52.4 Å². The van der Waals surface area contributed by atoms with Gasteiger partial charge in [-0.3, -0.25) is 9.59 Å². The van der Waals surface area contributed by atoms with Gasteiger partial charge in [0.2, 0.25) is 0 Å². The topological polar surface area (TPSA) is 80.4 Å². The van der Waals surface area contributed by atoms with E-state index in [9.17, 15) is 9.59 Å². The molecule has 2 heterocycles. The minimum Gasteiger partial charge on any atom is -0.366 e. The fourth-order valence-electron chi connectivity index (χ4n) is 2.03. The smallest absolute Gasteiger partial charge is 0.272 e. The van der Waals surface area contributed by atoms with Crippen LogP contribution in [0.25, 0.3) is 16.6 Å². The lowest BCUT2D eigenvalue weighted by molar-refractivity contribution is 0.100. The van der Waals surface area contributed by atoms with E-state index < -0.39 is 5.91 Å². The number of nitrogens with one attached hydrogen (secondary N) is 1. The zero-order chi connectivity index (χ0) is 12.0. The average Bonchev–Trinajstić information content (AvgIpc) is 2.78. The molecule has 0 radical (unpaired) electrons. The van der Waals surface area contributed by atoms with Crippen molar-refractivity contribution < 1.29 is 4.79 Å². The predicted octanol–water partition coefficient (Wildman–Crippen LogP) is 0.880. The van der Waals surface area contributed by atoms with Crippen LogP contribution in [0.5, 0.6) is 0 Å². The highest BCUT2D eigenvalue weighted by Gasteiger charge is 2.10. The molecule has 0 unspecified atom stereocenters. The van der Waals surface area contributed by atoms with Crippen LogP contribution in [0.15, 0.2) is 41.3 Å². The number of H-pyrrole nitrogens is 1. The quantitative estimate of drug-likeness (QED) is 0.647. The molecule has 3 N–H and O–H groups in total. The van der Waals surface area contributed by atoms with Crippen LogP contribution in [0, 0.1) is 0 Å². The summed E-state index contributed by atoms with van der Waals surface area (Å²) in [5.74, 6) is -0.558. The summed E-state index contributed by atoms with van der Waals surface area (Å²) in [6, 6.07) is 8.65. The van der Waals surface area contributed by atoms with Gasteiger partial charge < -0.3 is 15.1 Å². The molecule has 0 spiro atoms. The van der Waals surface area contributed by atoms with Crippen molar-refractivity contribution in [3.8, 4) is 0 Å². The summed E-state index contributed by atoms with van der Waals surface area (Å²) < 4.78 is 1.74. The fraction of sp³-hybridized carbons (Fsp3) is 0. The summed E-state index contributed by atoms with van der Waals surface area (Å²) in [4.78, 5) is 25.8. The first-order chi connectivity index (χ1) is 8.18. The van der Waals surface area contributed by atoms with E-state index in [0.717, 1.165) is 5.52 Å². The van der Waals surface area contributed by atoms with Crippen molar-refractivity contribution in [2.45, 2.75) is 0 Å². The Hall–Kier alpha value is -2.56. The van der Waals surface area contributed by atoms with Crippen molar-refractivity contribution in [2.24, 2.45) is 5.73 Å². The molecule has 3 rings (SSSR count). The highest BCUT2D eigenvalue weighted by atomic mass is 16.1. The Bertz CT molecular complexity index is 798. The summed E-state index contributed by atoms with van der Waals surface area (Å²) in [6.45, 7) is 0. The summed E-state index contributed by atoms with van der Waals surface area (Å²) >= 11 is 0. The van der Waals surface area contributed by atoms with Crippen LogP contribution in [0.1, 0.15) is 10.4 Å². The van der Waals surface area contributed by atoms with Gasteiger partial charge in [-0.1, -0.05) is 6.07 Å². The molecule has 1 amide bonds. The molecule has 0 aliphatic heterocycles. The molecule has 17 heavy (non-hydrogen) atoms. The van der Waals surface area contributed by atoms with E-state index in [1.165, 1.54) is 0 Å². The zero-order valence-corrected chi connectivity index (χ0v) is 8.81. The van der Waals surface area contributed by atoms with E-state index in [1.54, 1.807) is 34.9 Å². The Morgan fingerprint density at radius 3 is 2.71 bits per heavy atom. The van der Waals surface area contributed by atoms with E-state index in [2.05, 4.69) is 4.98 Å². The third kappa shape index (κ3) is 1.25. The first kappa shape index (κ1) is 9.65. The molecule has 0 saturated heterocycles. The SMILES string of the molecule is NC(=O)c1cccc2c1[nH]c(=O)c1cccn12. The van der Waals surface area contributed by atoms with Gasteiger partial charge in [-0.25, -0.2) is 0 Å². The van der Waals surface area contributed by atoms with Crippen LogP contribution in [-0.2, 0) is 0 Å². The number of nitrogens with two attached hydrogens (primary N) is 1. The van der Waals surface area contributed by atoms with Gasteiger partial charge in [-0.15, -0.1) is 0 Å². The number of aromatic amines is 1. The molecule has 0 saturated carbocycles. The van der Waals surface area contributed by atoms with Gasteiger partial charge in [-0.2, -0.15) is 0 Å². The number of rotatable bonds is 1. The van der Waals surface area contributed by atoms with Crippen LogP contribution in [0.4, 0.5) is 0 Å². The van der Waals surface area contributed by atoms with E-state index >= 15 is 0 Å². The number of carbonyl (C=O) groups is 1. The maximum Gasteiger partial charge on any atom is 0.272 e. The van der Waals surface area contributed by atoms with Gasteiger partial charge in [0.15, 0.2) is 0 Å². The molecule has 5 heteroatoms. The maximum atomic E-state index is 11.8. The van der Waals surface area contributed by atoms with E-state index in [-0.39, 0.29) is 5.56 Å². The Balaban J connectivity index is 2.62. The number of hydrogen-bond acceptors (Lipinski definition) is 2.